The van der Waals surface area contributed by atoms with E-state index in [-0.39, 0.29) is 11.5 Å². The van der Waals surface area contributed by atoms with Crippen LogP contribution in [0, 0.1) is 6.92 Å². The molecule has 1 N–H and O–H groups in total. The Morgan fingerprint density at radius 2 is 2.04 bits per heavy atom. The van der Waals surface area contributed by atoms with E-state index in [0.717, 1.165) is 5.56 Å². The zero-order chi connectivity index (χ0) is 18.8. The second kappa shape index (κ2) is 7.31. The van der Waals surface area contributed by atoms with E-state index in [1.807, 2.05) is 24.3 Å². The fourth-order valence-corrected chi connectivity index (χ4v) is 3.85. The van der Waals surface area contributed by atoms with Crippen LogP contribution < -0.4 is 9.64 Å². The van der Waals surface area contributed by atoms with Gasteiger partial charge < -0.3 is 9.84 Å². The fraction of sp³-hybridized carbons (Fsp3) is 0.105. The summed E-state index contributed by atoms with van der Waals surface area (Å²) < 4.78 is 5.56. The number of carbonyl (C=O) groups is 2. The number of carboxylic acid groups (broad SMARTS) is 1. The lowest BCUT2D eigenvalue weighted by Gasteiger charge is -2.15. The second-order valence-corrected chi connectivity index (χ2v) is 7.27. The van der Waals surface area contributed by atoms with Gasteiger partial charge in [-0.3, -0.25) is 9.69 Å². The zero-order valence-corrected chi connectivity index (χ0v) is 15.7. The van der Waals surface area contributed by atoms with Crippen LogP contribution in [-0.2, 0) is 4.79 Å². The number of nitrogens with zero attached hydrogens (tertiary/aromatic N) is 1. The fourth-order valence-electron chi connectivity index (χ4n) is 2.55. The quantitative estimate of drug-likeness (QED) is 0.631. The number of ether oxygens (including phenoxy) is 1. The summed E-state index contributed by atoms with van der Waals surface area (Å²) in [7, 11) is 1.58. The first-order valence-electron chi connectivity index (χ1n) is 7.66. The van der Waals surface area contributed by atoms with Gasteiger partial charge in [0.2, 0.25) is 0 Å². The highest BCUT2D eigenvalue weighted by atomic mass is 32.2. The van der Waals surface area contributed by atoms with Crippen molar-refractivity contribution >= 4 is 51.9 Å². The maximum Gasteiger partial charge on any atom is 0.336 e. The molecule has 0 radical (unpaired) electrons. The van der Waals surface area contributed by atoms with Crippen LogP contribution in [-0.4, -0.2) is 28.4 Å². The molecule has 1 amide bonds. The molecule has 0 bridgehead atoms. The molecule has 0 unspecified atom stereocenters. The van der Waals surface area contributed by atoms with E-state index in [0.29, 0.717) is 26.2 Å². The van der Waals surface area contributed by atoms with Crippen molar-refractivity contribution in [3.05, 3.63) is 64.1 Å². The molecule has 1 fully saturated rings. The van der Waals surface area contributed by atoms with E-state index < -0.39 is 5.97 Å². The van der Waals surface area contributed by atoms with Crippen molar-refractivity contribution in [2.45, 2.75) is 6.92 Å². The number of carboxylic acids is 1. The van der Waals surface area contributed by atoms with Crippen LogP contribution >= 0.6 is 24.0 Å². The minimum Gasteiger partial charge on any atom is -0.497 e. The van der Waals surface area contributed by atoms with Crippen molar-refractivity contribution in [2.75, 3.05) is 12.0 Å². The van der Waals surface area contributed by atoms with Gasteiger partial charge in [0.25, 0.3) is 5.91 Å². The van der Waals surface area contributed by atoms with E-state index in [9.17, 15) is 14.7 Å². The number of hydrogen-bond donors (Lipinski definition) is 1. The summed E-state index contributed by atoms with van der Waals surface area (Å²) in [5.74, 6) is -0.622. The Bertz CT molecular complexity index is 952. The largest absolute Gasteiger partial charge is 0.497 e. The maximum atomic E-state index is 12.8. The number of amides is 1. The summed E-state index contributed by atoms with van der Waals surface area (Å²) in [6.45, 7) is 1.71. The normalized spacial score (nSPS) is 15.6. The van der Waals surface area contributed by atoms with Gasteiger partial charge in [0.1, 0.15) is 5.75 Å². The van der Waals surface area contributed by atoms with E-state index in [4.69, 9.17) is 17.0 Å². The van der Waals surface area contributed by atoms with Gasteiger partial charge in [-0.15, -0.1) is 0 Å². The number of thioether (sulfide) groups is 1. The van der Waals surface area contributed by atoms with Crippen LogP contribution in [0.2, 0.25) is 0 Å². The van der Waals surface area contributed by atoms with Gasteiger partial charge in [0.05, 0.1) is 23.3 Å². The standard InChI is InChI=1S/C19H15NO4S2/c1-11-6-7-13(10-15(11)18(22)23)20-17(21)16(26-19(20)25)9-12-4-3-5-14(8-12)24-2/h3-10H,1-2H3,(H,22,23)/b16-9-. The van der Waals surface area contributed by atoms with E-state index >= 15 is 0 Å². The molecular weight excluding hydrogens is 370 g/mol. The third kappa shape index (κ3) is 3.49. The Morgan fingerprint density at radius 1 is 1.27 bits per heavy atom. The molecule has 0 atom stereocenters. The molecule has 3 rings (SSSR count). The predicted octanol–water partition coefficient (Wildman–Crippen LogP) is 4.11. The van der Waals surface area contributed by atoms with Crippen molar-refractivity contribution in [1.82, 2.24) is 0 Å². The summed E-state index contributed by atoms with van der Waals surface area (Å²) in [5.41, 5.74) is 2.04. The Morgan fingerprint density at radius 3 is 2.73 bits per heavy atom. The van der Waals surface area contributed by atoms with Crippen LogP contribution in [0.3, 0.4) is 0 Å². The number of methoxy groups -OCH3 is 1. The van der Waals surface area contributed by atoms with Crippen LogP contribution in [0.25, 0.3) is 6.08 Å². The highest BCUT2D eigenvalue weighted by molar-refractivity contribution is 8.27. The third-order valence-corrected chi connectivity index (χ3v) is 5.20. The number of benzene rings is 2. The number of anilines is 1. The molecule has 0 aromatic heterocycles. The molecule has 2 aromatic rings. The van der Waals surface area contributed by atoms with Gasteiger partial charge in [-0.1, -0.05) is 42.2 Å². The molecule has 0 aliphatic carbocycles. The highest BCUT2D eigenvalue weighted by Gasteiger charge is 2.33. The molecule has 1 aliphatic heterocycles. The summed E-state index contributed by atoms with van der Waals surface area (Å²) in [6, 6.07) is 12.2. The summed E-state index contributed by atoms with van der Waals surface area (Å²) >= 11 is 6.52. The molecule has 1 aliphatic rings. The number of rotatable bonds is 4. The molecule has 2 aromatic carbocycles. The predicted molar refractivity (Wildman–Crippen MR) is 107 cm³/mol. The van der Waals surface area contributed by atoms with Crippen LogP contribution in [0.15, 0.2) is 47.4 Å². The van der Waals surface area contributed by atoms with Crippen molar-refractivity contribution in [3.8, 4) is 5.75 Å². The lowest BCUT2D eigenvalue weighted by Crippen LogP contribution is -2.27. The minimum atomic E-state index is -1.04. The Balaban J connectivity index is 1.95. The molecule has 5 nitrogen and oxygen atoms in total. The van der Waals surface area contributed by atoms with Gasteiger partial charge in [-0.05, 0) is 48.4 Å². The molecule has 7 heteroatoms. The van der Waals surface area contributed by atoms with Gasteiger partial charge in [0, 0.05) is 0 Å². The summed E-state index contributed by atoms with van der Waals surface area (Å²) in [4.78, 5) is 26.0. The van der Waals surface area contributed by atoms with Gasteiger partial charge >= 0.3 is 5.97 Å². The van der Waals surface area contributed by atoms with Crippen molar-refractivity contribution in [1.29, 1.82) is 0 Å². The summed E-state index contributed by atoms with van der Waals surface area (Å²) in [5, 5.41) is 9.30. The molecule has 132 valence electrons. The molecule has 1 saturated heterocycles. The SMILES string of the molecule is COc1cccc(/C=C2\SC(=S)N(c3ccc(C)c(C(=O)O)c3)C2=O)c1. The van der Waals surface area contributed by atoms with Crippen molar-refractivity contribution in [2.24, 2.45) is 0 Å². The van der Waals surface area contributed by atoms with Crippen LogP contribution in [0.4, 0.5) is 5.69 Å². The summed E-state index contributed by atoms with van der Waals surface area (Å²) in [6.07, 6.45) is 1.74. The monoisotopic (exact) mass is 385 g/mol. The van der Waals surface area contributed by atoms with Gasteiger partial charge in [-0.2, -0.15) is 0 Å². The molecule has 26 heavy (non-hydrogen) atoms. The Kier molecular flexibility index (Phi) is 5.11. The number of aromatic carboxylic acids is 1. The number of aryl methyl sites for hydroxylation is 1. The first-order valence-corrected chi connectivity index (χ1v) is 8.89. The van der Waals surface area contributed by atoms with Crippen molar-refractivity contribution < 1.29 is 19.4 Å². The molecule has 0 spiro atoms. The van der Waals surface area contributed by atoms with Gasteiger partial charge in [0.15, 0.2) is 4.32 Å². The Hall–Kier alpha value is -2.64. The van der Waals surface area contributed by atoms with E-state index in [2.05, 4.69) is 0 Å². The third-order valence-electron chi connectivity index (χ3n) is 3.90. The average Bonchev–Trinajstić information content (AvgIpc) is 2.89. The number of carbonyl (C=O) groups excluding carboxylic acids is 1. The number of thiocarbonyl (C=S) groups is 1. The smallest absolute Gasteiger partial charge is 0.336 e. The molecule has 1 heterocycles. The topological polar surface area (TPSA) is 66.8 Å². The lowest BCUT2D eigenvalue weighted by atomic mass is 10.1. The van der Waals surface area contributed by atoms with Crippen LogP contribution in [0.1, 0.15) is 21.5 Å². The first-order chi connectivity index (χ1) is 12.4. The zero-order valence-electron chi connectivity index (χ0n) is 14.1. The van der Waals surface area contributed by atoms with E-state index in [1.165, 1.54) is 22.7 Å². The van der Waals surface area contributed by atoms with Crippen LogP contribution in [0.5, 0.6) is 5.75 Å². The second-order valence-electron chi connectivity index (χ2n) is 5.60. The lowest BCUT2D eigenvalue weighted by molar-refractivity contribution is -0.113. The Labute approximate surface area is 160 Å². The van der Waals surface area contributed by atoms with E-state index in [1.54, 1.807) is 32.2 Å². The van der Waals surface area contributed by atoms with Crippen molar-refractivity contribution in [3.63, 3.8) is 0 Å². The average molecular weight is 385 g/mol. The maximum absolute atomic E-state index is 12.8. The molecule has 0 saturated carbocycles. The van der Waals surface area contributed by atoms with Gasteiger partial charge in [-0.25, -0.2) is 4.79 Å². The minimum absolute atomic E-state index is 0.147. The molecular formula is C19H15NO4S2. The number of hydrogen-bond acceptors (Lipinski definition) is 5. The first kappa shape index (κ1) is 18.2. The highest BCUT2D eigenvalue weighted by Crippen LogP contribution is 2.36.